The number of hydrogen-bond acceptors (Lipinski definition) is 6. The Balaban J connectivity index is 1.52. The molecule has 0 bridgehead atoms. The van der Waals surface area contributed by atoms with Crippen LogP contribution in [0.2, 0.25) is 0 Å². The molecule has 160 valence electrons. The summed E-state index contributed by atoms with van der Waals surface area (Å²) in [5.41, 5.74) is 1.11. The molecule has 2 aromatic carbocycles. The summed E-state index contributed by atoms with van der Waals surface area (Å²) in [6.45, 7) is 0.419. The van der Waals surface area contributed by atoms with E-state index in [1.165, 1.54) is 18.6 Å². The molecule has 1 aromatic heterocycles. The minimum atomic E-state index is -0.481. The van der Waals surface area contributed by atoms with E-state index in [4.69, 9.17) is 4.52 Å². The van der Waals surface area contributed by atoms with Crippen LogP contribution < -0.4 is 0 Å². The second-order valence-corrected chi connectivity index (χ2v) is 7.73. The maximum absolute atomic E-state index is 13.3. The van der Waals surface area contributed by atoms with E-state index in [0.717, 1.165) is 31.2 Å². The van der Waals surface area contributed by atoms with Gasteiger partial charge in [0.2, 0.25) is 11.7 Å². The van der Waals surface area contributed by atoms with Crippen molar-refractivity contribution < 1.29 is 14.2 Å². The van der Waals surface area contributed by atoms with Crippen LogP contribution in [0.4, 0.5) is 5.69 Å². The van der Waals surface area contributed by atoms with E-state index in [-0.39, 0.29) is 17.6 Å². The zero-order chi connectivity index (χ0) is 21.6. The topological polar surface area (TPSA) is 102 Å². The molecule has 8 heteroatoms. The number of carbonyl (C=O) groups excluding carboxylic acids is 1. The van der Waals surface area contributed by atoms with Crippen molar-refractivity contribution in [3.05, 3.63) is 76.2 Å². The summed E-state index contributed by atoms with van der Waals surface area (Å²) in [5, 5.41) is 15.2. The van der Waals surface area contributed by atoms with E-state index in [1.807, 2.05) is 35.2 Å². The van der Waals surface area contributed by atoms with Crippen LogP contribution in [0.3, 0.4) is 0 Å². The van der Waals surface area contributed by atoms with Crippen molar-refractivity contribution in [1.29, 1.82) is 0 Å². The smallest absolute Gasteiger partial charge is 0.270 e. The van der Waals surface area contributed by atoms with Crippen molar-refractivity contribution >= 4 is 11.6 Å². The van der Waals surface area contributed by atoms with Gasteiger partial charge in [-0.3, -0.25) is 14.9 Å². The number of non-ortho nitro benzene ring substituents is 1. The second-order valence-electron chi connectivity index (χ2n) is 7.73. The Morgan fingerprint density at radius 3 is 2.61 bits per heavy atom. The predicted octanol–water partition coefficient (Wildman–Crippen LogP) is 4.66. The molecule has 1 aliphatic carbocycles. The maximum Gasteiger partial charge on any atom is 0.270 e. The molecule has 1 heterocycles. The van der Waals surface area contributed by atoms with Crippen molar-refractivity contribution in [2.24, 2.45) is 0 Å². The van der Waals surface area contributed by atoms with Gasteiger partial charge in [0.15, 0.2) is 0 Å². The first kappa shape index (κ1) is 20.7. The predicted molar refractivity (Wildman–Crippen MR) is 114 cm³/mol. The molecule has 0 saturated heterocycles. The quantitative estimate of drug-likeness (QED) is 0.407. The molecule has 4 rings (SSSR count). The fourth-order valence-electron chi connectivity index (χ4n) is 4.04. The van der Waals surface area contributed by atoms with Crippen LogP contribution in [-0.2, 0) is 6.42 Å². The lowest BCUT2D eigenvalue weighted by Gasteiger charge is -2.34. The summed E-state index contributed by atoms with van der Waals surface area (Å²) < 4.78 is 5.40. The Hall–Kier alpha value is -3.55. The largest absolute Gasteiger partial charge is 0.339 e. The Morgan fingerprint density at radius 2 is 1.87 bits per heavy atom. The van der Waals surface area contributed by atoms with E-state index in [1.54, 1.807) is 12.1 Å². The minimum absolute atomic E-state index is 0.0844. The summed E-state index contributed by atoms with van der Waals surface area (Å²) in [4.78, 5) is 30.2. The first-order valence-electron chi connectivity index (χ1n) is 10.6. The van der Waals surface area contributed by atoms with E-state index in [9.17, 15) is 14.9 Å². The molecule has 1 saturated carbocycles. The molecular weight excluding hydrogens is 396 g/mol. The number of nitrogens with zero attached hydrogens (tertiary/aromatic N) is 4. The van der Waals surface area contributed by atoms with E-state index >= 15 is 0 Å². The molecular formula is C23H24N4O4. The van der Waals surface area contributed by atoms with Gasteiger partial charge < -0.3 is 9.42 Å². The fourth-order valence-corrected chi connectivity index (χ4v) is 4.04. The van der Waals surface area contributed by atoms with Crippen LogP contribution in [-0.4, -0.2) is 38.5 Å². The third-order valence-corrected chi connectivity index (χ3v) is 5.65. The number of aromatic nitrogens is 2. The maximum atomic E-state index is 13.3. The molecule has 0 atom stereocenters. The molecule has 0 aliphatic heterocycles. The number of hydrogen-bond donors (Lipinski definition) is 0. The van der Waals surface area contributed by atoms with Gasteiger partial charge in [-0.25, -0.2) is 0 Å². The van der Waals surface area contributed by atoms with Crippen molar-refractivity contribution in [3.63, 3.8) is 0 Å². The number of carbonyl (C=O) groups is 1. The number of nitro groups is 1. The molecule has 0 unspecified atom stereocenters. The molecule has 0 radical (unpaired) electrons. The van der Waals surface area contributed by atoms with Gasteiger partial charge in [-0.15, -0.1) is 0 Å². The van der Waals surface area contributed by atoms with E-state index < -0.39 is 4.92 Å². The lowest BCUT2D eigenvalue weighted by Crippen LogP contribution is -2.42. The van der Waals surface area contributed by atoms with Crippen LogP contribution in [0.25, 0.3) is 11.4 Å². The van der Waals surface area contributed by atoms with Crippen LogP contribution in [0.5, 0.6) is 0 Å². The van der Waals surface area contributed by atoms with Crippen molar-refractivity contribution in [3.8, 4) is 11.4 Å². The summed E-state index contributed by atoms with van der Waals surface area (Å²) >= 11 is 0. The van der Waals surface area contributed by atoms with Crippen molar-refractivity contribution in [1.82, 2.24) is 15.0 Å². The van der Waals surface area contributed by atoms with Crippen molar-refractivity contribution in [2.75, 3.05) is 6.54 Å². The van der Waals surface area contributed by atoms with Crippen LogP contribution >= 0.6 is 0 Å². The highest BCUT2D eigenvalue weighted by molar-refractivity contribution is 5.95. The average Bonchev–Trinajstić information content (AvgIpc) is 3.29. The first-order valence-corrected chi connectivity index (χ1v) is 10.6. The molecule has 0 N–H and O–H groups in total. The third kappa shape index (κ3) is 4.96. The van der Waals surface area contributed by atoms with Crippen LogP contribution in [0.1, 0.15) is 48.4 Å². The molecule has 1 fully saturated rings. The number of amides is 1. The van der Waals surface area contributed by atoms with Gasteiger partial charge in [0.05, 0.1) is 4.92 Å². The van der Waals surface area contributed by atoms with E-state index in [2.05, 4.69) is 10.1 Å². The first-order chi connectivity index (χ1) is 15.1. The molecule has 3 aromatic rings. The molecule has 1 amide bonds. The van der Waals surface area contributed by atoms with Crippen LogP contribution in [0.15, 0.2) is 59.1 Å². The third-order valence-electron chi connectivity index (χ3n) is 5.65. The number of benzene rings is 2. The van der Waals surface area contributed by atoms with Gasteiger partial charge in [0.1, 0.15) is 0 Å². The SMILES string of the molecule is O=C(c1cccc([N+](=O)[O-])c1)N(CCc1nc(-c2ccccc2)no1)C1CCCCC1. The lowest BCUT2D eigenvalue weighted by molar-refractivity contribution is -0.384. The lowest BCUT2D eigenvalue weighted by atomic mass is 9.93. The molecule has 1 aliphatic rings. The standard InChI is InChI=1S/C23H24N4O4/c28-23(18-10-7-13-20(16-18)27(29)30)26(19-11-5-2-6-12-19)15-14-21-24-22(25-31-21)17-8-3-1-4-9-17/h1,3-4,7-10,13,16,19H,2,5-6,11-12,14-15H2. The zero-order valence-electron chi connectivity index (χ0n) is 17.1. The second kappa shape index (κ2) is 9.51. The summed E-state index contributed by atoms with van der Waals surface area (Å²) in [6, 6.07) is 15.6. The Morgan fingerprint density at radius 1 is 1.10 bits per heavy atom. The van der Waals surface area contributed by atoms with E-state index in [0.29, 0.717) is 30.2 Å². The normalized spacial score (nSPS) is 14.3. The summed E-state index contributed by atoms with van der Waals surface area (Å²) in [6.07, 6.45) is 5.60. The number of nitro benzene ring substituents is 1. The Labute approximate surface area is 180 Å². The van der Waals surface area contributed by atoms with Gasteiger partial charge in [-0.2, -0.15) is 4.98 Å². The molecule has 0 spiro atoms. The highest BCUT2D eigenvalue weighted by Crippen LogP contribution is 2.25. The highest BCUT2D eigenvalue weighted by atomic mass is 16.6. The van der Waals surface area contributed by atoms with Gasteiger partial charge in [0, 0.05) is 42.3 Å². The molecule has 8 nitrogen and oxygen atoms in total. The average molecular weight is 420 g/mol. The summed E-state index contributed by atoms with van der Waals surface area (Å²) in [7, 11) is 0. The van der Waals surface area contributed by atoms with Gasteiger partial charge >= 0.3 is 0 Å². The number of rotatable bonds is 7. The minimum Gasteiger partial charge on any atom is -0.339 e. The van der Waals surface area contributed by atoms with Gasteiger partial charge in [-0.1, -0.05) is 60.8 Å². The Kier molecular flexibility index (Phi) is 6.35. The van der Waals surface area contributed by atoms with Gasteiger partial charge in [-0.05, 0) is 18.9 Å². The fraction of sp³-hybridized carbons (Fsp3) is 0.348. The van der Waals surface area contributed by atoms with Crippen LogP contribution in [0, 0.1) is 10.1 Å². The zero-order valence-corrected chi connectivity index (χ0v) is 17.1. The van der Waals surface area contributed by atoms with Gasteiger partial charge in [0.25, 0.3) is 11.6 Å². The Bertz CT molecular complexity index is 1040. The molecule has 31 heavy (non-hydrogen) atoms. The summed E-state index contributed by atoms with van der Waals surface area (Å²) in [5.74, 6) is 0.787. The van der Waals surface area contributed by atoms with Crippen molar-refractivity contribution in [2.45, 2.75) is 44.6 Å². The highest BCUT2D eigenvalue weighted by Gasteiger charge is 2.27. The monoisotopic (exact) mass is 420 g/mol.